The van der Waals surface area contributed by atoms with Crippen molar-refractivity contribution in [2.75, 3.05) is 13.2 Å². The first-order valence-corrected chi connectivity index (χ1v) is 12.7. The molecule has 8 nitrogen and oxygen atoms in total. The van der Waals surface area contributed by atoms with Crippen LogP contribution < -0.4 is 5.32 Å². The molecule has 0 fully saturated rings. The smallest absolute Gasteiger partial charge is 0.293 e. The molecule has 1 aliphatic rings. The van der Waals surface area contributed by atoms with Crippen molar-refractivity contribution in [3.05, 3.63) is 96.1 Å². The number of ether oxygens (including phenoxy) is 1. The number of nitrogens with zero attached hydrogens (tertiary/aromatic N) is 3. The number of aryl methyl sites for hydroxylation is 1. The van der Waals surface area contributed by atoms with Crippen LogP contribution in [0.15, 0.2) is 73.4 Å². The number of hydrogen-bond acceptors (Lipinski definition) is 5. The standard InChI is InChI=1S/C17H20N4.C9H7FN2.C3H6O2/c1-3-17(12-10-19-21(2)11-12)16-14(8-9-18-17)13-6-4-5-7-15(13)20-16;10-8-3-1-7(2-4-8)9-5-11-6-12-9;1-2-5-3-4/h4-7,10-11,18,20H,3,8-9H2,1-2H3;1-6H,(H,11,12);3H,2H2,1H3. The second-order valence-electron chi connectivity index (χ2n) is 8.89. The number of imidazole rings is 1. The molecule has 3 aromatic heterocycles. The van der Waals surface area contributed by atoms with Crippen LogP contribution in [0.5, 0.6) is 0 Å². The number of aromatic amines is 2. The van der Waals surface area contributed by atoms with Crippen molar-refractivity contribution >= 4 is 17.4 Å². The molecule has 0 saturated heterocycles. The second kappa shape index (κ2) is 12.3. The first kappa shape index (κ1) is 26.8. The summed E-state index contributed by atoms with van der Waals surface area (Å²) >= 11 is 0. The summed E-state index contributed by atoms with van der Waals surface area (Å²) in [4.78, 5) is 19.7. The molecular weight excluding hydrogens is 483 g/mol. The average Bonchev–Trinajstić information content (AvgIpc) is 3.71. The molecule has 6 rings (SSSR count). The predicted molar refractivity (Wildman–Crippen MR) is 146 cm³/mol. The van der Waals surface area contributed by atoms with E-state index in [9.17, 15) is 9.18 Å². The minimum Gasteiger partial charge on any atom is -0.468 e. The topological polar surface area (TPSA) is 101 Å². The Labute approximate surface area is 221 Å². The Morgan fingerprint density at radius 3 is 2.53 bits per heavy atom. The van der Waals surface area contributed by atoms with Gasteiger partial charge in [-0.3, -0.25) is 9.48 Å². The summed E-state index contributed by atoms with van der Waals surface area (Å²) < 4.78 is 18.5. The molecular formula is C29H33FN6O2. The van der Waals surface area contributed by atoms with E-state index in [2.05, 4.69) is 67.5 Å². The largest absolute Gasteiger partial charge is 0.468 e. The van der Waals surface area contributed by atoms with Gasteiger partial charge in [-0.2, -0.15) is 5.10 Å². The summed E-state index contributed by atoms with van der Waals surface area (Å²) in [6.07, 6.45) is 9.47. The Hall–Kier alpha value is -4.24. The minimum atomic E-state index is -0.224. The fourth-order valence-corrected chi connectivity index (χ4v) is 4.82. The van der Waals surface area contributed by atoms with Gasteiger partial charge in [-0.05, 0) is 61.2 Å². The SMILES string of the molecule is CCC1(c2cnn(C)c2)NCCc2c1[nH]c1ccccc21.CCOC=O.Fc1ccc(-c2cnc[nH]2)cc1. The van der Waals surface area contributed by atoms with Crippen LogP contribution in [-0.2, 0) is 28.5 Å². The molecule has 3 N–H and O–H groups in total. The van der Waals surface area contributed by atoms with Gasteiger partial charge in [-0.15, -0.1) is 0 Å². The van der Waals surface area contributed by atoms with Gasteiger partial charge in [0.25, 0.3) is 6.47 Å². The van der Waals surface area contributed by atoms with Crippen LogP contribution in [0.4, 0.5) is 4.39 Å². The van der Waals surface area contributed by atoms with E-state index in [0.717, 1.165) is 30.6 Å². The maximum Gasteiger partial charge on any atom is 0.293 e. The summed E-state index contributed by atoms with van der Waals surface area (Å²) in [5.41, 5.74) is 6.92. The predicted octanol–water partition coefficient (Wildman–Crippen LogP) is 5.10. The number of carbonyl (C=O) groups excluding carboxylic acids is 1. The minimum absolute atomic E-state index is 0.152. The number of benzene rings is 2. The van der Waals surface area contributed by atoms with E-state index < -0.39 is 0 Å². The van der Waals surface area contributed by atoms with E-state index in [1.54, 1.807) is 31.6 Å². The van der Waals surface area contributed by atoms with Crippen LogP contribution >= 0.6 is 0 Å². The molecule has 0 amide bonds. The Morgan fingerprint density at radius 2 is 1.92 bits per heavy atom. The molecule has 5 aromatic rings. The fourth-order valence-electron chi connectivity index (χ4n) is 4.82. The number of fused-ring (bicyclic) bond motifs is 3. The lowest BCUT2D eigenvalue weighted by atomic mass is 9.80. The molecule has 0 saturated carbocycles. The van der Waals surface area contributed by atoms with Gasteiger partial charge in [0.15, 0.2) is 0 Å². The van der Waals surface area contributed by atoms with Gasteiger partial charge in [-0.1, -0.05) is 25.1 Å². The summed E-state index contributed by atoms with van der Waals surface area (Å²) in [7, 11) is 1.97. The Bertz CT molecular complexity index is 1440. The number of H-pyrrole nitrogens is 2. The highest BCUT2D eigenvalue weighted by Gasteiger charge is 2.39. The van der Waals surface area contributed by atoms with E-state index >= 15 is 0 Å². The quantitative estimate of drug-likeness (QED) is 0.282. The molecule has 0 spiro atoms. The molecule has 38 heavy (non-hydrogen) atoms. The van der Waals surface area contributed by atoms with Crippen molar-refractivity contribution in [2.24, 2.45) is 7.05 Å². The van der Waals surface area contributed by atoms with Crippen LogP contribution in [0, 0.1) is 5.82 Å². The number of aromatic nitrogens is 5. The van der Waals surface area contributed by atoms with Crippen molar-refractivity contribution in [1.29, 1.82) is 0 Å². The van der Waals surface area contributed by atoms with Crippen LogP contribution in [0.1, 0.15) is 37.1 Å². The van der Waals surface area contributed by atoms with E-state index in [-0.39, 0.29) is 11.4 Å². The van der Waals surface area contributed by atoms with E-state index in [1.807, 2.05) is 17.9 Å². The Morgan fingerprint density at radius 1 is 1.13 bits per heavy atom. The number of hydrogen-bond donors (Lipinski definition) is 3. The normalized spacial score (nSPS) is 16.0. The van der Waals surface area contributed by atoms with Crippen LogP contribution in [0.25, 0.3) is 22.2 Å². The number of halogens is 1. The highest BCUT2D eigenvalue weighted by Crippen LogP contribution is 2.39. The summed E-state index contributed by atoms with van der Waals surface area (Å²) in [5, 5.41) is 9.48. The van der Waals surface area contributed by atoms with Gasteiger partial charge in [0.1, 0.15) is 5.82 Å². The molecule has 9 heteroatoms. The second-order valence-corrected chi connectivity index (χ2v) is 8.89. The van der Waals surface area contributed by atoms with E-state index in [0.29, 0.717) is 13.1 Å². The first-order valence-electron chi connectivity index (χ1n) is 12.7. The lowest BCUT2D eigenvalue weighted by Gasteiger charge is -2.37. The van der Waals surface area contributed by atoms with E-state index in [1.165, 1.54) is 39.9 Å². The summed E-state index contributed by atoms with van der Waals surface area (Å²) in [6, 6.07) is 14.9. The molecule has 4 heterocycles. The van der Waals surface area contributed by atoms with Gasteiger partial charge < -0.3 is 20.0 Å². The lowest BCUT2D eigenvalue weighted by molar-refractivity contribution is -0.128. The Balaban J connectivity index is 0.000000167. The van der Waals surface area contributed by atoms with Crippen LogP contribution in [0.2, 0.25) is 0 Å². The zero-order valence-electron chi connectivity index (χ0n) is 21.9. The van der Waals surface area contributed by atoms with Gasteiger partial charge in [0.05, 0.1) is 36.6 Å². The van der Waals surface area contributed by atoms with Gasteiger partial charge in [0.2, 0.25) is 0 Å². The Kier molecular flexibility index (Phi) is 8.70. The molecule has 2 aromatic carbocycles. The third kappa shape index (κ3) is 5.68. The average molecular weight is 517 g/mol. The number of para-hydroxylation sites is 1. The van der Waals surface area contributed by atoms with Crippen molar-refractivity contribution in [3.63, 3.8) is 0 Å². The third-order valence-corrected chi connectivity index (χ3v) is 6.66. The zero-order valence-corrected chi connectivity index (χ0v) is 21.9. The summed E-state index contributed by atoms with van der Waals surface area (Å²) in [6.45, 7) is 5.90. The summed E-state index contributed by atoms with van der Waals surface area (Å²) in [5.74, 6) is -0.224. The molecule has 1 atom stereocenters. The van der Waals surface area contributed by atoms with Crippen LogP contribution in [-0.4, -0.2) is 44.4 Å². The monoisotopic (exact) mass is 516 g/mol. The van der Waals surface area contributed by atoms with Gasteiger partial charge in [0, 0.05) is 41.9 Å². The molecule has 1 aliphatic heterocycles. The van der Waals surface area contributed by atoms with Crippen LogP contribution in [0.3, 0.4) is 0 Å². The number of carbonyl (C=O) groups is 1. The molecule has 1 unspecified atom stereocenters. The van der Waals surface area contributed by atoms with Gasteiger partial charge >= 0.3 is 0 Å². The first-order chi connectivity index (χ1) is 18.5. The van der Waals surface area contributed by atoms with Crippen molar-refractivity contribution in [2.45, 2.75) is 32.2 Å². The molecule has 0 radical (unpaired) electrons. The van der Waals surface area contributed by atoms with E-state index in [4.69, 9.17) is 0 Å². The van der Waals surface area contributed by atoms with Crippen molar-refractivity contribution < 1.29 is 13.9 Å². The highest BCUT2D eigenvalue weighted by atomic mass is 19.1. The lowest BCUT2D eigenvalue weighted by Crippen LogP contribution is -2.47. The highest BCUT2D eigenvalue weighted by molar-refractivity contribution is 5.85. The number of rotatable bonds is 5. The third-order valence-electron chi connectivity index (χ3n) is 6.66. The fraction of sp³-hybridized carbons (Fsp3) is 0.276. The molecule has 0 bridgehead atoms. The molecule has 198 valence electrons. The van der Waals surface area contributed by atoms with Crippen molar-refractivity contribution in [1.82, 2.24) is 30.0 Å². The maximum atomic E-state index is 12.5. The zero-order chi connectivity index (χ0) is 27.0. The molecule has 0 aliphatic carbocycles. The number of nitrogens with one attached hydrogen (secondary N) is 3. The van der Waals surface area contributed by atoms with Crippen molar-refractivity contribution in [3.8, 4) is 11.3 Å². The maximum absolute atomic E-state index is 12.5. The van der Waals surface area contributed by atoms with Gasteiger partial charge in [-0.25, -0.2) is 9.37 Å².